The number of anilines is 1. The molecule has 0 aliphatic rings. The number of carbonyl (C=O) groups excluding carboxylic acids is 2. The van der Waals surface area contributed by atoms with Gasteiger partial charge in [-0.2, -0.15) is 0 Å². The fourth-order valence-electron chi connectivity index (χ4n) is 2.17. The minimum absolute atomic E-state index is 0.0455. The number of aromatic hydroxyl groups is 1. The third-order valence-corrected chi connectivity index (χ3v) is 3.57. The van der Waals surface area contributed by atoms with Gasteiger partial charge in [-0.05, 0) is 42.7 Å². The van der Waals surface area contributed by atoms with Crippen molar-refractivity contribution in [2.45, 2.75) is 26.7 Å². The van der Waals surface area contributed by atoms with Crippen molar-refractivity contribution in [3.8, 4) is 5.75 Å². The first-order valence-electron chi connectivity index (χ1n) is 7.73. The Morgan fingerprint density at radius 3 is 2.42 bits per heavy atom. The predicted molar refractivity (Wildman–Crippen MR) is 92.3 cm³/mol. The van der Waals surface area contributed by atoms with Gasteiger partial charge in [0.1, 0.15) is 11.3 Å². The Kier molecular flexibility index (Phi) is 5.58. The van der Waals surface area contributed by atoms with Crippen LogP contribution in [0.2, 0.25) is 0 Å². The second-order valence-electron chi connectivity index (χ2n) is 5.92. The molecule has 5 nitrogen and oxygen atoms in total. The minimum Gasteiger partial charge on any atom is -0.507 e. The molecule has 0 radical (unpaired) electrons. The highest BCUT2D eigenvalue weighted by Crippen LogP contribution is 2.19. The largest absolute Gasteiger partial charge is 0.507 e. The summed E-state index contributed by atoms with van der Waals surface area (Å²) in [5, 5.41) is 12.3. The molecular weight excluding hydrogens is 306 g/mol. The van der Waals surface area contributed by atoms with Gasteiger partial charge in [-0.25, -0.2) is 4.79 Å². The highest BCUT2D eigenvalue weighted by atomic mass is 16.5. The van der Waals surface area contributed by atoms with E-state index < -0.39 is 18.5 Å². The Labute approximate surface area is 141 Å². The highest BCUT2D eigenvalue weighted by molar-refractivity contribution is 5.96. The van der Waals surface area contributed by atoms with Crippen LogP contribution in [-0.4, -0.2) is 23.6 Å². The summed E-state index contributed by atoms with van der Waals surface area (Å²) < 4.78 is 4.95. The van der Waals surface area contributed by atoms with E-state index in [1.54, 1.807) is 25.1 Å². The molecular formula is C19H21NO4. The lowest BCUT2D eigenvalue weighted by molar-refractivity contribution is -0.119. The van der Waals surface area contributed by atoms with Crippen molar-refractivity contribution in [3.63, 3.8) is 0 Å². The van der Waals surface area contributed by atoms with Gasteiger partial charge >= 0.3 is 5.97 Å². The number of phenolic OH excluding ortho intramolecular Hbond substituents is 1. The molecule has 126 valence electrons. The van der Waals surface area contributed by atoms with E-state index in [0.29, 0.717) is 11.6 Å². The van der Waals surface area contributed by atoms with E-state index in [1.807, 2.05) is 12.1 Å². The summed E-state index contributed by atoms with van der Waals surface area (Å²) >= 11 is 0. The van der Waals surface area contributed by atoms with E-state index in [0.717, 1.165) is 5.56 Å². The summed E-state index contributed by atoms with van der Waals surface area (Å²) in [5.74, 6) is -0.928. The Bertz CT molecular complexity index is 736. The van der Waals surface area contributed by atoms with Crippen molar-refractivity contribution < 1.29 is 19.4 Å². The zero-order valence-corrected chi connectivity index (χ0v) is 14.0. The summed E-state index contributed by atoms with van der Waals surface area (Å²) in [5.41, 5.74) is 2.67. The Morgan fingerprint density at radius 2 is 1.79 bits per heavy atom. The molecule has 0 atom stereocenters. The topological polar surface area (TPSA) is 75.6 Å². The van der Waals surface area contributed by atoms with E-state index in [1.165, 1.54) is 17.7 Å². The summed E-state index contributed by atoms with van der Waals surface area (Å²) in [6, 6.07) is 12.1. The van der Waals surface area contributed by atoms with Gasteiger partial charge < -0.3 is 15.2 Å². The van der Waals surface area contributed by atoms with Gasteiger partial charge in [0.05, 0.1) is 0 Å². The van der Waals surface area contributed by atoms with Gasteiger partial charge in [0, 0.05) is 5.69 Å². The standard InChI is InChI=1S/C19H21NO4/c1-12(2)14-5-7-15(8-6-14)20-18(22)11-24-19(23)16-10-13(3)4-9-17(16)21/h4-10,12,21H,11H2,1-3H3,(H,20,22). The number of carbonyl (C=O) groups is 2. The predicted octanol–water partition coefficient (Wildman–Crippen LogP) is 3.62. The number of hydrogen-bond donors (Lipinski definition) is 2. The number of ether oxygens (including phenoxy) is 1. The van der Waals surface area contributed by atoms with Crippen LogP contribution in [0.5, 0.6) is 5.75 Å². The van der Waals surface area contributed by atoms with Crippen LogP contribution in [0.1, 0.15) is 41.3 Å². The molecule has 0 aromatic heterocycles. The van der Waals surface area contributed by atoms with Gasteiger partial charge in [-0.15, -0.1) is 0 Å². The van der Waals surface area contributed by atoms with E-state index in [2.05, 4.69) is 19.2 Å². The quantitative estimate of drug-likeness (QED) is 0.823. The SMILES string of the molecule is Cc1ccc(O)c(C(=O)OCC(=O)Nc2ccc(C(C)C)cc2)c1. The van der Waals surface area contributed by atoms with Crippen molar-refractivity contribution in [3.05, 3.63) is 59.2 Å². The van der Waals surface area contributed by atoms with Gasteiger partial charge in [0.2, 0.25) is 0 Å². The fraction of sp³-hybridized carbons (Fsp3) is 0.263. The van der Waals surface area contributed by atoms with E-state index >= 15 is 0 Å². The molecule has 2 rings (SSSR count). The molecule has 1 amide bonds. The average molecular weight is 327 g/mol. The van der Waals surface area contributed by atoms with Crippen LogP contribution in [0.15, 0.2) is 42.5 Å². The lowest BCUT2D eigenvalue weighted by Gasteiger charge is -2.09. The molecule has 5 heteroatoms. The van der Waals surface area contributed by atoms with Gasteiger partial charge in [-0.1, -0.05) is 37.6 Å². The van der Waals surface area contributed by atoms with Gasteiger partial charge in [0.25, 0.3) is 5.91 Å². The first-order chi connectivity index (χ1) is 11.4. The molecule has 0 bridgehead atoms. The third-order valence-electron chi connectivity index (χ3n) is 3.57. The van der Waals surface area contributed by atoms with Crippen molar-refractivity contribution in [1.29, 1.82) is 0 Å². The van der Waals surface area contributed by atoms with Crippen molar-refractivity contribution in [1.82, 2.24) is 0 Å². The van der Waals surface area contributed by atoms with Crippen LogP contribution in [0.25, 0.3) is 0 Å². The molecule has 0 fully saturated rings. The molecule has 0 aliphatic carbocycles. The van der Waals surface area contributed by atoms with Crippen LogP contribution < -0.4 is 5.32 Å². The molecule has 0 heterocycles. The maximum absolute atomic E-state index is 11.9. The average Bonchev–Trinajstić information content (AvgIpc) is 2.55. The molecule has 2 aromatic rings. The third kappa shape index (κ3) is 4.59. The fourth-order valence-corrected chi connectivity index (χ4v) is 2.17. The Hall–Kier alpha value is -2.82. The monoisotopic (exact) mass is 327 g/mol. The van der Waals surface area contributed by atoms with Crippen LogP contribution in [0.3, 0.4) is 0 Å². The number of phenols is 1. The summed E-state index contributed by atoms with van der Waals surface area (Å²) in [4.78, 5) is 23.8. The number of amides is 1. The highest BCUT2D eigenvalue weighted by Gasteiger charge is 2.14. The van der Waals surface area contributed by atoms with Crippen molar-refractivity contribution >= 4 is 17.6 Å². The van der Waals surface area contributed by atoms with Crippen LogP contribution in [0, 0.1) is 6.92 Å². The smallest absolute Gasteiger partial charge is 0.342 e. The van der Waals surface area contributed by atoms with E-state index in [4.69, 9.17) is 4.74 Å². The Morgan fingerprint density at radius 1 is 1.12 bits per heavy atom. The number of rotatable bonds is 5. The second-order valence-corrected chi connectivity index (χ2v) is 5.92. The van der Waals surface area contributed by atoms with Gasteiger partial charge in [0.15, 0.2) is 6.61 Å². The second kappa shape index (κ2) is 7.64. The molecule has 0 saturated heterocycles. The number of aryl methyl sites for hydroxylation is 1. The molecule has 0 unspecified atom stereocenters. The zero-order valence-electron chi connectivity index (χ0n) is 14.0. The molecule has 24 heavy (non-hydrogen) atoms. The minimum atomic E-state index is -0.735. The first kappa shape index (κ1) is 17.5. The maximum Gasteiger partial charge on any atom is 0.342 e. The normalized spacial score (nSPS) is 10.5. The zero-order chi connectivity index (χ0) is 17.7. The number of esters is 1. The molecule has 0 aliphatic heterocycles. The maximum atomic E-state index is 11.9. The summed E-state index contributed by atoms with van der Waals surface area (Å²) in [6.45, 7) is 5.56. The molecule has 0 spiro atoms. The molecule has 2 N–H and O–H groups in total. The number of benzene rings is 2. The van der Waals surface area contributed by atoms with E-state index in [9.17, 15) is 14.7 Å². The van der Waals surface area contributed by atoms with Crippen molar-refractivity contribution in [2.75, 3.05) is 11.9 Å². The Balaban J connectivity index is 1.90. The first-order valence-corrected chi connectivity index (χ1v) is 7.73. The van der Waals surface area contributed by atoms with E-state index in [-0.39, 0.29) is 11.3 Å². The van der Waals surface area contributed by atoms with Crippen molar-refractivity contribution in [2.24, 2.45) is 0 Å². The lowest BCUT2D eigenvalue weighted by Crippen LogP contribution is -2.21. The number of nitrogens with one attached hydrogen (secondary N) is 1. The molecule has 0 saturated carbocycles. The van der Waals surface area contributed by atoms with Crippen LogP contribution >= 0.6 is 0 Å². The summed E-state index contributed by atoms with van der Waals surface area (Å²) in [6.07, 6.45) is 0. The van der Waals surface area contributed by atoms with Crippen LogP contribution in [0.4, 0.5) is 5.69 Å². The lowest BCUT2D eigenvalue weighted by atomic mass is 10.0. The number of hydrogen-bond acceptors (Lipinski definition) is 4. The van der Waals surface area contributed by atoms with Crippen LogP contribution in [-0.2, 0) is 9.53 Å². The van der Waals surface area contributed by atoms with Gasteiger partial charge in [-0.3, -0.25) is 4.79 Å². The summed E-state index contributed by atoms with van der Waals surface area (Å²) in [7, 11) is 0. The molecule has 2 aromatic carbocycles.